The predicted molar refractivity (Wildman–Crippen MR) is 75.8 cm³/mol. The normalized spacial score (nSPS) is 14.6. The quantitative estimate of drug-likeness (QED) is 0.845. The molecule has 100 valence electrons. The van der Waals surface area contributed by atoms with Crippen LogP contribution in [0.1, 0.15) is 24.6 Å². The molecule has 4 N–H and O–H groups in total. The molecule has 0 bridgehead atoms. The lowest BCUT2D eigenvalue weighted by atomic mass is 10.1. The highest BCUT2D eigenvalue weighted by molar-refractivity contribution is 6.33. The van der Waals surface area contributed by atoms with Gasteiger partial charge in [0, 0.05) is 5.92 Å². The maximum atomic E-state index is 6.25. The molecule has 3 rings (SSSR count). The van der Waals surface area contributed by atoms with Gasteiger partial charge in [0.2, 0.25) is 0 Å². The standard InChI is InChI=1S/C13H15ClN4O/c1-19-9-4-2-3-8(14)10(9)11-12(15)18(16)13(17-11)7-5-6-7/h2-4,7H,5-6,15-16H2,1H3. The number of hydrogen-bond acceptors (Lipinski definition) is 4. The van der Waals surface area contributed by atoms with E-state index in [9.17, 15) is 0 Å². The molecular formula is C13H15ClN4O. The van der Waals surface area contributed by atoms with E-state index in [1.54, 1.807) is 13.2 Å². The van der Waals surface area contributed by atoms with Crippen molar-refractivity contribution in [3.05, 3.63) is 29.0 Å². The van der Waals surface area contributed by atoms with Gasteiger partial charge in [0.1, 0.15) is 17.3 Å². The molecule has 1 aliphatic carbocycles. The van der Waals surface area contributed by atoms with Crippen LogP contribution in [-0.2, 0) is 0 Å². The fourth-order valence-corrected chi connectivity index (χ4v) is 2.44. The van der Waals surface area contributed by atoms with Crippen LogP contribution in [0.5, 0.6) is 5.75 Å². The number of benzene rings is 1. The third-order valence-corrected chi connectivity index (χ3v) is 3.66. The van der Waals surface area contributed by atoms with Crippen LogP contribution in [0.2, 0.25) is 5.02 Å². The van der Waals surface area contributed by atoms with E-state index in [0.29, 0.717) is 33.8 Å². The molecule has 1 aromatic heterocycles. The molecule has 0 unspecified atom stereocenters. The number of rotatable bonds is 3. The Morgan fingerprint density at radius 1 is 1.42 bits per heavy atom. The molecule has 1 heterocycles. The van der Waals surface area contributed by atoms with Crippen LogP contribution in [0.3, 0.4) is 0 Å². The summed E-state index contributed by atoms with van der Waals surface area (Å²) in [5.74, 6) is 8.24. The molecule has 0 spiro atoms. The number of nitrogen functional groups attached to an aromatic ring is 2. The summed E-state index contributed by atoms with van der Waals surface area (Å²) in [4.78, 5) is 4.56. The number of imidazole rings is 1. The van der Waals surface area contributed by atoms with E-state index < -0.39 is 0 Å². The summed E-state index contributed by atoms with van der Waals surface area (Å²) in [6, 6.07) is 5.43. The molecule has 1 aromatic carbocycles. The van der Waals surface area contributed by atoms with Crippen molar-refractivity contribution < 1.29 is 4.74 Å². The Balaban J connectivity index is 2.19. The summed E-state index contributed by atoms with van der Waals surface area (Å²) in [5.41, 5.74) is 7.33. The Morgan fingerprint density at radius 2 is 2.16 bits per heavy atom. The van der Waals surface area contributed by atoms with Crippen LogP contribution in [0.15, 0.2) is 18.2 Å². The Labute approximate surface area is 116 Å². The van der Waals surface area contributed by atoms with Crippen LogP contribution < -0.4 is 16.3 Å². The highest BCUT2D eigenvalue weighted by atomic mass is 35.5. The maximum absolute atomic E-state index is 6.25. The summed E-state index contributed by atoms with van der Waals surface area (Å²) in [7, 11) is 1.59. The summed E-state index contributed by atoms with van der Waals surface area (Å²) in [6.07, 6.45) is 2.21. The van der Waals surface area contributed by atoms with E-state index >= 15 is 0 Å². The van der Waals surface area contributed by atoms with E-state index in [1.807, 2.05) is 12.1 Å². The first-order valence-corrected chi connectivity index (χ1v) is 6.47. The van der Waals surface area contributed by atoms with Gasteiger partial charge in [0.15, 0.2) is 5.82 Å². The lowest BCUT2D eigenvalue weighted by molar-refractivity contribution is 0.416. The molecule has 0 amide bonds. The van der Waals surface area contributed by atoms with Crippen LogP contribution in [-0.4, -0.2) is 16.8 Å². The van der Waals surface area contributed by atoms with Gasteiger partial charge in [-0.1, -0.05) is 17.7 Å². The van der Waals surface area contributed by atoms with E-state index in [0.717, 1.165) is 18.7 Å². The van der Waals surface area contributed by atoms with Gasteiger partial charge in [-0.3, -0.25) is 0 Å². The van der Waals surface area contributed by atoms with Gasteiger partial charge in [-0.05, 0) is 25.0 Å². The molecule has 1 aliphatic rings. The summed E-state index contributed by atoms with van der Waals surface area (Å²) in [5, 5.41) is 0.548. The van der Waals surface area contributed by atoms with Crippen LogP contribution in [0.4, 0.5) is 5.82 Å². The Bertz CT molecular complexity index is 634. The largest absolute Gasteiger partial charge is 0.496 e. The van der Waals surface area contributed by atoms with Crippen molar-refractivity contribution in [3.8, 4) is 17.0 Å². The second-order valence-electron chi connectivity index (χ2n) is 4.67. The molecule has 0 aliphatic heterocycles. The molecular weight excluding hydrogens is 264 g/mol. The minimum atomic E-state index is 0.410. The lowest BCUT2D eigenvalue weighted by Crippen LogP contribution is -2.14. The first kappa shape index (κ1) is 12.2. The summed E-state index contributed by atoms with van der Waals surface area (Å²) >= 11 is 6.25. The Kier molecular flexibility index (Phi) is 2.78. The molecule has 0 atom stereocenters. The van der Waals surface area contributed by atoms with Crippen LogP contribution in [0, 0.1) is 0 Å². The van der Waals surface area contributed by atoms with E-state index in [2.05, 4.69) is 4.98 Å². The molecule has 6 heteroatoms. The zero-order chi connectivity index (χ0) is 13.6. The SMILES string of the molecule is COc1cccc(Cl)c1-c1nc(C2CC2)n(N)c1N. The van der Waals surface area contributed by atoms with Crippen LogP contribution in [0.25, 0.3) is 11.3 Å². The van der Waals surface area contributed by atoms with Crippen molar-refractivity contribution in [1.29, 1.82) is 0 Å². The number of halogens is 1. The fraction of sp³-hybridized carbons (Fsp3) is 0.308. The van der Waals surface area contributed by atoms with Gasteiger partial charge in [-0.15, -0.1) is 0 Å². The highest BCUT2D eigenvalue weighted by Gasteiger charge is 2.31. The van der Waals surface area contributed by atoms with Crippen molar-refractivity contribution in [2.45, 2.75) is 18.8 Å². The van der Waals surface area contributed by atoms with Crippen molar-refractivity contribution >= 4 is 17.4 Å². The number of nitrogens with zero attached hydrogens (tertiary/aromatic N) is 2. The summed E-state index contributed by atoms with van der Waals surface area (Å²) in [6.45, 7) is 0. The monoisotopic (exact) mass is 278 g/mol. The second-order valence-corrected chi connectivity index (χ2v) is 5.07. The molecule has 19 heavy (non-hydrogen) atoms. The molecule has 1 fully saturated rings. The van der Waals surface area contributed by atoms with Crippen molar-refractivity contribution in [3.63, 3.8) is 0 Å². The van der Waals surface area contributed by atoms with Gasteiger partial charge in [-0.25, -0.2) is 9.66 Å². The predicted octanol–water partition coefficient (Wildman–Crippen LogP) is 2.39. The first-order valence-electron chi connectivity index (χ1n) is 6.09. The van der Waals surface area contributed by atoms with E-state index in [1.165, 1.54) is 4.68 Å². The first-order chi connectivity index (χ1) is 9.13. The van der Waals surface area contributed by atoms with Gasteiger partial charge in [0.25, 0.3) is 0 Å². The topological polar surface area (TPSA) is 79.1 Å². The second kappa shape index (κ2) is 4.35. The van der Waals surface area contributed by atoms with Gasteiger partial charge >= 0.3 is 0 Å². The van der Waals surface area contributed by atoms with Crippen LogP contribution >= 0.6 is 11.6 Å². The molecule has 2 aromatic rings. The average Bonchev–Trinajstić information content (AvgIpc) is 3.20. The van der Waals surface area contributed by atoms with E-state index in [4.69, 9.17) is 27.9 Å². The summed E-state index contributed by atoms with van der Waals surface area (Å²) < 4.78 is 6.78. The van der Waals surface area contributed by atoms with Crippen molar-refractivity contribution in [2.24, 2.45) is 0 Å². The van der Waals surface area contributed by atoms with Crippen molar-refractivity contribution in [2.75, 3.05) is 18.7 Å². The zero-order valence-electron chi connectivity index (χ0n) is 10.6. The molecule has 5 nitrogen and oxygen atoms in total. The third kappa shape index (κ3) is 1.90. The fourth-order valence-electron chi connectivity index (χ4n) is 2.18. The minimum absolute atomic E-state index is 0.410. The number of aromatic nitrogens is 2. The van der Waals surface area contributed by atoms with Gasteiger partial charge in [0.05, 0.1) is 17.7 Å². The Morgan fingerprint density at radius 3 is 2.79 bits per heavy atom. The van der Waals surface area contributed by atoms with Crippen molar-refractivity contribution in [1.82, 2.24) is 9.66 Å². The average molecular weight is 279 g/mol. The third-order valence-electron chi connectivity index (χ3n) is 3.35. The van der Waals surface area contributed by atoms with E-state index in [-0.39, 0.29) is 0 Å². The lowest BCUT2D eigenvalue weighted by Gasteiger charge is -2.08. The molecule has 0 saturated heterocycles. The number of methoxy groups -OCH3 is 1. The maximum Gasteiger partial charge on any atom is 0.151 e. The molecule has 0 radical (unpaired) electrons. The Hall–Kier alpha value is -1.88. The van der Waals surface area contributed by atoms with Gasteiger partial charge < -0.3 is 16.3 Å². The smallest absolute Gasteiger partial charge is 0.151 e. The number of anilines is 1. The number of nitrogens with two attached hydrogens (primary N) is 2. The number of hydrogen-bond donors (Lipinski definition) is 2. The molecule has 1 saturated carbocycles. The zero-order valence-corrected chi connectivity index (χ0v) is 11.3. The number of ether oxygens (including phenoxy) is 1. The van der Waals surface area contributed by atoms with Gasteiger partial charge in [-0.2, -0.15) is 0 Å². The highest BCUT2D eigenvalue weighted by Crippen LogP contribution is 2.44. The minimum Gasteiger partial charge on any atom is -0.496 e.